The summed E-state index contributed by atoms with van der Waals surface area (Å²) in [6.07, 6.45) is 0.693. The van der Waals surface area contributed by atoms with E-state index in [0.717, 1.165) is 0 Å². The topological polar surface area (TPSA) is 118 Å². The van der Waals surface area contributed by atoms with E-state index < -0.39 is 23.6 Å². The lowest BCUT2D eigenvalue weighted by molar-refractivity contribution is -0.133. The van der Waals surface area contributed by atoms with E-state index in [4.69, 9.17) is 9.84 Å². The number of hydrogen-bond donors (Lipinski definition) is 3. The van der Waals surface area contributed by atoms with Crippen molar-refractivity contribution in [2.45, 2.75) is 39.8 Å². The van der Waals surface area contributed by atoms with Gasteiger partial charge in [-0.3, -0.25) is 4.79 Å². The van der Waals surface area contributed by atoms with Gasteiger partial charge in [0.1, 0.15) is 22.0 Å². The zero-order valence-corrected chi connectivity index (χ0v) is 14.1. The van der Waals surface area contributed by atoms with E-state index in [9.17, 15) is 14.4 Å². The van der Waals surface area contributed by atoms with Crippen LogP contribution >= 0.6 is 11.3 Å². The van der Waals surface area contributed by atoms with Gasteiger partial charge in [0.2, 0.25) is 0 Å². The molecule has 0 spiro atoms. The number of alkyl carbamates (subject to hydrolysis) is 1. The largest absolute Gasteiger partial charge is 0.477 e. The molecule has 8 nitrogen and oxygen atoms in total. The number of allylic oxidation sites excluding steroid dienone is 1. The predicted molar refractivity (Wildman–Crippen MR) is 84.0 cm³/mol. The van der Waals surface area contributed by atoms with Crippen molar-refractivity contribution in [3.63, 3.8) is 0 Å². The molecule has 1 aromatic heterocycles. The highest BCUT2D eigenvalue weighted by Crippen LogP contribution is 2.11. The van der Waals surface area contributed by atoms with Crippen molar-refractivity contribution in [3.05, 3.63) is 27.9 Å². The lowest BCUT2D eigenvalue weighted by Crippen LogP contribution is -2.32. The molecule has 1 aromatic rings. The molecular weight excluding hydrogens is 322 g/mol. The lowest BCUT2D eigenvalue weighted by atomic mass is 10.2. The van der Waals surface area contributed by atoms with Gasteiger partial charge in [-0.2, -0.15) is 0 Å². The molecule has 2 amide bonds. The molecule has 0 aromatic carbocycles. The first kappa shape index (κ1) is 18.6. The van der Waals surface area contributed by atoms with Crippen LogP contribution in [-0.2, 0) is 16.1 Å². The summed E-state index contributed by atoms with van der Waals surface area (Å²) in [5.41, 5.74) is -0.745. The minimum atomic E-state index is -1.23. The number of nitrogens with zero attached hydrogens (tertiary/aromatic N) is 1. The fourth-order valence-corrected chi connectivity index (χ4v) is 2.11. The standard InChI is InChI=1S/C14H19N3O5S/c1-5-8(12(19)20)17-11(18)9-7-23-10(16-9)6-15-13(21)22-14(2,3)4/h5,7H,6H2,1-4H3,(H,15,21)(H,17,18)(H,19,20)/b8-5+. The second-order valence-electron chi connectivity index (χ2n) is 5.44. The maximum Gasteiger partial charge on any atom is 0.408 e. The molecule has 0 bridgehead atoms. The van der Waals surface area contributed by atoms with Gasteiger partial charge in [0.05, 0.1) is 6.54 Å². The Balaban J connectivity index is 2.59. The van der Waals surface area contributed by atoms with E-state index in [1.807, 2.05) is 0 Å². The Morgan fingerprint density at radius 3 is 2.57 bits per heavy atom. The van der Waals surface area contributed by atoms with Crippen molar-refractivity contribution in [3.8, 4) is 0 Å². The number of nitrogens with one attached hydrogen (secondary N) is 2. The van der Waals surface area contributed by atoms with Crippen molar-refractivity contribution < 1.29 is 24.2 Å². The highest BCUT2D eigenvalue weighted by molar-refractivity contribution is 7.09. The molecule has 1 rings (SSSR count). The maximum atomic E-state index is 11.9. The third-order valence-corrected chi connectivity index (χ3v) is 3.18. The zero-order chi connectivity index (χ0) is 17.6. The van der Waals surface area contributed by atoms with Gasteiger partial charge in [-0.1, -0.05) is 6.08 Å². The molecular formula is C14H19N3O5S. The average Bonchev–Trinajstić information content (AvgIpc) is 2.89. The van der Waals surface area contributed by atoms with Crippen LogP contribution in [0.4, 0.5) is 4.79 Å². The lowest BCUT2D eigenvalue weighted by Gasteiger charge is -2.19. The molecule has 23 heavy (non-hydrogen) atoms. The van der Waals surface area contributed by atoms with Crippen LogP contribution < -0.4 is 10.6 Å². The molecule has 0 fully saturated rings. The van der Waals surface area contributed by atoms with Crippen molar-refractivity contribution in [1.29, 1.82) is 0 Å². The minimum Gasteiger partial charge on any atom is -0.477 e. The minimum absolute atomic E-state index is 0.0802. The molecule has 3 N–H and O–H groups in total. The molecule has 9 heteroatoms. The number of aliphatic carboxylic acids is 1. The van der Waals surface area contributed by atoms with Crippen LogP contribution in [0.3, 0.4) is 0 Å². The smallest absolute Gasteiger partial charge is 0.408 e. The molecule has 0 aliphatic carbocycles. The van der Waals surface area contributed by atoms with Crippen molar-refractivity contribution in [2.24, 2.45) is 0 Å². The predicted octanol–water partition coefficient (Wildman–Crippen LogP) is 1.89. The Bertz CT molecular complexity index is 631. The number of thiazole rings is 1. The molecule has 0 aliphatic rings. The summed E-state index contributed by atoms with van der Waals surface area (Å²) in [6, 6.07) is 0. The Morgan fingerprint density at radius 2 is 2.04 bits per heavy atom. The van der Waals surface area contributed by atoms with E-state index in [-0.39, 0.29) is 17.9 Å². The molecule has 0 aliphatic heterocycles. The Labute approximate surface area is 137 Å². The third-order valence-electron chi connectivity index (χ3n) is 2.33. The van der Waals surface area contributed by atoms with Gasteiger partial charge in [-0.15, -0.1) is 11.3 Å². The highest BCUT2D eigenvalue weighted by Gasteiger charge is 2.18. The van der Waals surface area contributed by atoms with Gasteiger partial charge < -0.3 is 20.5 Å². The van der Waals surface area contributed by atoms with E-state index >= 15 is 0 Å². The fraction of sp³-hybridized carbons (Fsp3) is 0.429. The van der Waals surface area contributed by atoms with E-state index in [2.05, 4.69) is 15.6 Å². The first-order valence-electron chi connectivity index (χ1n) is 6.74. The van der Waals surface area contributed by atoms with E-state index in [1.54, 1.807) is 20.8 Å². The molecule has 0 atom stereocenters. The molecule has 0 saturated heterocycles. The van der Waals surface area contributed by atoms with Crippen LogP contribution in [-0.4, -0.2) is 33.7 Å². The number of carboxylic acid groups (broad SMARTS) is 1. The van der Waals surface area contributed by atoms with E-state index in [1.165, 1.54) is 29.7 Å². The number of carboxylic acids is 1. The third kappa shape index (κ3) is 6.47. The van der Waals surface area contributed by atoms with Crippen molar-refractivity contribution in [1.82, 2.24) is 15.6 Å². The van der Waals surface area contributed by atoms with Crippen molar-refractivity contribution in [2.75, 3.05) is 0 Å². The molecule has 1 heterocycles. The van der Waals surface area contributed by atoms with Gasteiger partial charge in [-0.25, -0.2) is 14.6 Å². The molecule has 126 valence electrons. The van der Waals surface area contributed by atoms with Crippen molar-refractivity contribution >= 4 is 29.3 Å². The van der Waals surface area contributed by atoms with Gasteiger partial charge in [0.25, 0.3) is 5.91 Å². The highest BCUT2D eigenvalue weighted by atomic mass is 32.1. The summed E-state index contributed by atoms with van der Waals surface area (Å²) in [4.78, 5) is 38.3. The summed E-state index contributed by atoms with van der Waals surface area (Å²) < 4.78 is 5.08. The van der Waals surface area contributed by atoms with Crippen LogP contribution in [0.25, 0.3) is 0 Å². The average molecular weight is 341 g/mol. The summed E-state index contributed by atoms with van der Waals surface area (Å²) in [6.45, 7) is 6.86. The summed E-state index contributed by atoms with van der Waals surface area (Å²) in [5.74, 6) is -1.86. The normalized spacial score (nSPS) is 11.7. The van der Waals surface area contributed by atoms with Gasteiger partial charge >= 0.3 is 12.1 Å². The number of rotatable bonds is 5. The Kier molecular flexibility index (Phi) is 6.26. The summed E-state index contributed by atoms with van der Waals surface area (Å²) >= 11 is 1.17. The Morgan fingerprint density at radius 1 is 1.39 bits per heavy atom. The maximum absolute atomic E-state index is 11.9. The number of hydrogen-bond acceptors (Lipinski definition) is 6. The first-order valence-corrected chi connectivity index (χ1v) is 7.62. The summed E-state index contributed by atoms with van der Waals surface area (Å²) in [7, 11) is 0. The van der Waals surface area contributed by atoms with Crippen LogP contribution in [0.1, 0.15) is 43.2 Å². The van der Waals surface area contributed by atoms with Crippen LogP contribution in [0, 0.1) is 0 Å². The number of carbonyl (C=O) groups excluding carboxylic acids is 2. The monoisotopic (exact) mass is 341 g/mol. The van der Waals surface area contributed by atoms with E-state index in [0.29, 0.717) is 5.01 Å². The first-order chi connectivity index (χ1) is 10.6. The zero-order valence-electron chi connectivity index (χ0n) is 13.3. The van der Waals surface area contributed by atoms with Crippen LogP contribution in [0.15, 0.2) is 17.2 Å². The second kappa shape index (κ2) is 7.73. The SMILES string of the molecule is C/C=C(/NC(=O)c1csc(CNC(=O)OC(C)(C)C)n1)C(=O)O. The molecule has 0 saturated carbocycles. The number of ether oxygens (including phenoxy) is 1. The second-order valence-corrected chi connectivity index (χ2v) is 6.39. The van der Waals surface area contributed by atoms with Gasteiger partial charge in [0.15, 0.2) is 0 Å². The van der Waals surface area contributed by atoms with Crippen LogP contribution in [0.2, 0.25) is 0 Å². The number of carbonyl (C=O) groups is 3. The quantitative estimate of drug-likeness (QED) is 0.704. The molecule has 0 radical (unpaired) electrons. The fourth-order valence-electron chi connectivity index (χ4n) is 1.39. The molecule has 0 unspecified atom stereocenters. The summed E-state index contributed by atoms with van der Waals surface area (Å²) in [5, 5.41) is 15.6. The number of amides is 2. The van der Waals surface area contributed by atoms with Gasteiger partial charge in [0, 0.05) is 5.38 Å². The Hall–Kier alpha value is -2.42. The number of aromatic nitrogens is 1. The van der Waals surface area contributed by atoms with Crippen LogP contribution in [0.5, 0.6) is 0 Å². The van der Waals surface area contributed by atoms with Gasteiger partial charge in [-0.05, 0) is 27.7 Å².